The molecule has 40 heavy (non-hydrogen) atoms. The molecule has 8 nitrogen and oxygen atoms in total. The van der Waals surface area contributed by atoms with E-state index in [0.717, 1.165) is 20.3 Å². The van der Waals surface area contributed by atoms with Crippen LogP contribution in [0.2, 0.25) is 0 Å². The number of hydrogen-bond acceptors (Lipinski definition) is 6. The lowest BCUT2D eigenvalue weighted by Crippen LogP contribution is -2.51. The average Bonchev–Trinajstić information content (AvgIpc) is 2.96. The van der Waals surface area contributed by atoms with Crippen molar-refractivity contribution in [3.63, 3.8) is 0 Å². The van der Waals surface area contributed by atoms with E-state index in [-0.39, 0.29) is 17.3 Å². The van der Waals surface area contributed by atoms with Crippen molar-refractivity contribution in [1.29, 1.82) is 0 Å². The van der Waals surface area contributed by atoms with E-state index < -0.39 is 28.5 Å². The molecule has 3 aromatic rings. The molecular formula is C30H37N3O5S2. The lowest BCUT2D eigenvalue weighted by molar-refractivity contribution is -0.140. The van der Waals surface area contributed by atoms with Crippen LogP contribution < -0.4 is 14.4 Å². The van der Waals surface area contributed by atoms with E-state index in [1.807, 2.05) is 51.3 Å². The van der Waals surface area contributed by atoms with Crippen molar-refractivity contribution in [2.45, 2.75) is 49.6 Å². The third kappa shape index (κ3) is 7.57. The highest BCUT2D eigenvalue weighted by molar-refractivity contribution is 7.98. The van der Waals surface area contributed by atoms with Gasteiger partial charge in [-0.05, 0) is 80.6 Å². The van der Waals surface area contributed by atoms with Crippen molar-refractivity contribution >= 4 is 39.3 Å². The van der Waals surface area contributed by atoms with Crippen LogP contribution in [0.25, 0.3) is 0 Å². The molecule has 3 aromatic carbocycles. The van der Waals surface area contributed by atoms with Crippen LogP contribution in [0.5, 0.6) is 5.75 Å². The maximum absolute atomic E-state index is 14.0. The van der Waals surface area contributed by atoms with Gasteiger partial charge in [0.2, 0.25) is 11.8 Å². The number of carbonyl (C=O) groups is 2. The third-order valence-corrected chi connectivity index (χ3v) is 8.96. The molecule has 2 amide bonds. The molecule has 214 valence electrons. The number of rotatable bonds is 13. The van der Waals surface area contributed by atoms with E-state index in [0.29, 0.717) is 24.5 Å². The first kappa shape index (κ1) is 31.0. The van der Waals surface area contributed by atoms with E-state index >= 15 is 0 Å². The number of benzene rings is 3. The molecule has 0 aliphatic heterocycles. The highest BCUT2D eigenvalue weighted by atomic mass is 32.2. The highest BCUT2D eigenvalue weighted by Gasteiger charge is 2.33. The number of nitrogens with zero attached hydrogens (tertiary/aromatic N) is 2. The van der Waals surface area contributed by atoms with Crippen LogP contribution in [0.1, 0.15) is 31.4 Å². The predicted molar refractivity (Wildman–Crippen MR) is 160 cm³/mol. The predicted octanol–water partition coefficient (Wildman–Crippen LogP) is 4.86. The quantitative estimate of drug-likeness (QED) is 0.289. The topological polar surface area (TPSA) is 96.0 Å². The fourth-order valence-electron chi connectivity index (χ4n) is 4.37. The van der Waals surface area contributed by atoms with Gasteiger partial charge in [-0.15, -0.1) is 11.8 Å². The van der Waals surface area contributed by atoms with E-state index in [9.17, 15) is 18.0 Å². The molecule has 0 saturated carbocycles. The Morgan fingerprint density at radius 3 is 2.23 bits per heavy atom. The number of anilines is 1. The molecule has 0 saturated heterocycles. The number of aryl methyl sites for hydroxylation is 1. The number of likely N-dealkylation sites (N-methyl/N-ethyl adjacent to an activating group) is 1. The zero-order valence-electron chi connectivity index (χ0n) is 23.6. The lowest BCUT2D eigenvalue weighted by Gasteiger charge is -2.33. The van der Waals surface area contributed by atoms with Crippen LogP contribution in [0.3, 0.4) is 0 Å². The van der Waals surface area contributed by atoms with Crippen LogP contribution in [-0.2, 0) is 26.2 Å². The molecular weight excluding hydrogens is 546 g/mol. The van der Waals surface area contributed by atoms with Gasteiger partial charge in [-0.1, -0.05) is 36.8 Å². The Morgan fingerprint density at radius 1 is 1.00 bits per heavy atom. The van der Waals surface area contributed by atoms with Crippen molar-refractivity contribution in [2.24, 2.45) is 0 Å². The molecule has 0 bridgehead atoms. The van der Waals surface area contributed by atoms with Gasteiger partial charge in [0.25, 0.3) is 10.0 Å². The van der Waals surface area contributed by atoms with Gasteiger partial charge in [0.05, 0.1) is 17.2 Å². The van der Waals surface area contributed by atoms with E-state index in [2.05, 4.69) is 5.32 Å². The number of sulfonamides is 1. The SMILES string of the molecule is CCOc1ccc(N(CC(=O)N(Cc2cccc(C)c2)[C@@H](CC)C(=O)NC)S(=O)(=O)c2ccc(SC)cc2)cc1. The summed E-state index contributed by atoms with van der Waals surface area (Å²) >= 11 is 1.51. The van der Waals surface area contributed by atoms with Crippen LogP contribution in [0.4, 0.5) is 5.69 Å². The molecule has 0 fully saturated rings. The van der Waals surface area contributed by atoms with Gasteiger partial charge in [0, 0.05) is 18.5 Å². The van der Waals surface area contributed by atoms with E-state index in [1.165, 1.54) is 35.8 Å². The van der Waals surface area contributed by atoms with Gasteiger partial charge in [0.15, 0.2) is 0 Å². The number of carbonyl (C=O) groups excluding carboxylic acids is 2. The van der Waals surface area contributed by atoms with Crippen molar-refractivity contribution < 1.29 is 22.7 Å². The Bertz CT molecular complexity index is 1390. The van der Waals surface area contributed by atoms with Crippen molar-refractivity contribution in [2.75, 3.05) is 30.8 Å². The Balaban J connectivity index is 2.06. The second-order valence-corrected chi connectivity index (χ2v) is 11.9. The standard InChI is InChI=1S/C30H37N3O5S2/c1-6-28(30(35)31-4)32(20-23-10-8-9-22(3)19-23)29(34)21-33(24-11-13-25(14-12-24)38-7-2)40(36,37)27-17-15-26(39-5)16-18-27/h8-19,28H,6-7,20-21H2,1-5H3,(H,31,35)/t28-/m0/s1. The number of amides is 2. The number of ether oxygens (including phenoxy) is 1. The first-order valence-electron chi connectivity index (χ1n) is 13.1. The van der Waals surface area contributed by atoms with Gasteiger partial charge in [-0.2, -0.15) is 0 Å². The molecule has 0 aliphatic carbocycles. The Hall–Kier alpha value is -3.50. The lowest BCUT2D eigenvalue weighted by atomic mass is 10.1. The molecule has 10 heteroatoms. The van der Waals surface area contributed by atoms with Gasteiger partial charge in [0.1, 0.15) is 18.3 Å². The zero-order valence-corrected chi connectivity index (χ0v) is 25.2. The summed E-state index contributed by atoms with van der Waals surface area (Å²) in [6.45, 7) is 5.78. The molecule has 0 unspecified atom stereocenters. The summed E-state index contributed by atoms with van der Waals surface area (Å²) in [5, 5.41) is 2.64. The summed E-state index contributed by atoms with van der Waals surface area (Å²) in [5.41, 5.74) is 2.18. The number of thioether (sulfide) groups is 1. The largest absolute Gasteiger partial charge is 0.494 e. The summed E-state index contributed by atoms with van der Waals surface area (Å²) in [4.78, 5) is 29.3. The summed E-state index contributed by atoms with van der Waals surface area (Å²) < 4.78 is 34.6. The van der Waals surface area contributed by atoms with Gasteiger partial charge >= 0.3 is 0 Å². The Labute approximate surface area is 241 Å². The number of hydrogen-bond donors (Lipinski definition) is 1. The van der Waals surface area contributed by atoms with Crippen molar-refractivity contribution in [3.8, 4) is 5.75 Å². The summed E-state index contributed by atoms with van der Waals surface area (Å²) in [7, 11) is -2.61. The Morgan fingerprint density at radius 2 is 1.68 bits per heavy atom. The third-order valence-electron chi connectivity index (χ3n) is 6.43. The second kappa shape index (κ2) is 14.2. The fraction of sp³-hybridized carbons (Fsp3) is 0.333. The van der Waals surface area contributed by atoms with E-state index in [1.54, 1.807) is 36.4 Å². The van der Waals surface area contributed by atoms with Crippen molar-refractivity contribution in [3.05, 3.63) is 83.9 Å². The summed E-state index contributed by atoms with van der Waals surface area (Å²) in [5.74, 6) is -0.215. The second-order valence-electron chi connectivity index (χ2n) is 9.16. The van der Waals surface area contributed by atoms with Gasteiger partial charge in [-0.3, -0.25) is 13.9 Å². The molecule has 0 heterocycles. The monoisotopic (exact) mass is 583 g/mol. The van der Waals surface area contributed by atoms with Crippen LogP contribution >= 0.6 is 11.8 Å². The van der Waals surface area contributed by atoms with Gasteiger partial charge in [-0.25, -0.2) is 8.42 Å². The molecule has 0 spiro atoms. The maximum atomic E-state index is 14.0. The summed E-state index contributed by atoms with van der Waals surface area (Å²) in [6, 6.07) is 20.0. The first-order valence-corrected chi connectivity index (χ1v) is 15.8. The minimum absolute atomic E-state index is 0.0653. The fourth-order valence-corrected chi connectivity index (χ4v) is 6.19. The van der Waals surface area contributed by atoms with Crippen LogP contribution in [0, 0.1) is 6.92 Å². The number of nitrogens with one attached hydrogen (secondary N) is 1. The first-order chi connectivity index (χ1) is 19.1. The molecule has 0 aromatic heterocycles. The maximum Gasteiger partial charge on any atom is 0.264 e. The van der Waals surface area contributed by atoms with Crippen molar-refractivity contribution in [1.82, 2.24) is 10.2 Å². The van der Waals surface area contributed by atoms with Crippen LogP contribution in [-0.4, -0.2) is 57.6 Å². The molecule has 0 aliphatic rings. The molecule has 1 N–H and O–H groups in total. The minimum Gasteiger partial charge on any atom is -0.494 e. The molecule has 0 radical (unpaired) electrons. The Kier molecular flexibility index (Phi) is 11.0. The zero-order chi connectivity index (χ0) is 29.3. The summed E-state index contributed by atoms with van der Waals surface area (Å²) in [6.07, 6.45) is 2.27. The minimum atomic E-state index is -4.14. The smallest absolute Gasteiger partial charge is 0.264 e. The molecule has 3 rings (SSSR count). The van der Waals surface area contributed by atoms with Crippen LogP contribution in [0.15, 0.2) is 82.6 Å². The highest BCUT2D eigenvalue weighted by Crippen LogP contribution is 2.28. The molecule has 1 atom stereocenters. The van der Waals surface area contributed by atoms with Gasteiger partial charge < -0.3 is 15.0 Å². The normalized spacial score (nSPS) is 11.9. The van der Waals surface area contributed by atoms with E-state index in [4.69, 9.17) is 4.74 Å². The average molecular weight is 584 g/mol.